The average molecular weight is 305 g/mol. The fraction of sp³-hybridized carbons (Fsp3) is 0.667. The van der Waals surface area contributed by atoms with Crippen molar-refractivity contribution < 1.29 is 8.42 Å². The van der Waals surface area contributed by atoms with Crippen molar-refractivity contribution in [1.29, 1.82) is 0 Å². The largest absolute Gasteiger partial charge is 0.330 e. The van der Waals surface area contributed by atoms with Crippen LogP contribution in [-0.2, 0) is 16.8 Å². The van der Waals surface area contributed by atoms with Crippen molar-refractivity contribution >= 4 is 21.5 Å². The van der Waals surface area contributed by atoms with E-state index in [4.69, 9.17) is 5.73 Å². The Morgan fingerprint density at radius 1 is 1.42 bits per heavy atom. The van der Waals surface area contributed by atoms with Crippen molar-refractivity contribution in [1.82, 2.24) is 8.61 Å². The Balaban J connectivity index is 2.85. The van der Waals surface area contributed by atoms with E-state index in [9.17, 15) is 8.42 Å². The van der Waals surface area contributed by atoms with E-state index in [0.717, 1.165) is 4.88 Å². The van der Waals surface area contributed by atoms with Crippen LogP contribution in [-0.4, -0.2) is 43.2 Å². The molecule has 0 amide bonds. The van der Waals surface area contributed by atoms with Crippen LogP contribution in [0.3, 0.4) is 0 Å². The smallest absolute Gasteiger partial charge is 0.282 e. The maximum absolute atomic E-state index is 12.5. The molecule has 0 aliphatic rings. The second-order valence-corrected chi connectivity index (χ2v) is 7.71. The van der Waals surface area contributed by atoms with Gasteiger partial charge in [-0.1, -0.05) is 6.07 Å². The summed E-state index contributed by atoms with van der Waals surface area (Å²) in [5.74, 6) is 0. The van der Waals surface area contributed by atoms with Crippen LogP contribution in [0.5, 0.6) is 0 Å². The van der Waals surface area contributed by atoms with Crippen LogP contribution in [0.25, 0.3) is 0 Å². The van der Waals surface area contributed by atoms with E-state index in [1.807, 2.05) is 31.4 Å². The third kappa shape index (κ3) is 4.54. The van der Waals surface area contributed by atoms with E-state index in [1.165, 1.54) is 8.61 Å². The molecule has 19 heavy (non-hydrogen) atoms. The van der Waals surface area contributed by atoms with E-state index in [1.54, 1.807) is 18.4 Å². The molecule has 0 spiro atoms. The molecule has 1 aromatic heterocycles. The zero-order valence-corrected chi connectivity index (χ0v) is 13.4. The Morgan fingerprint density at radius 3 is 2.58 bits per heavy atom. The third-order valence-corrected chi connectivity index (χ3v) is 5.81. The lowest BCUT2D eigenvalue weighted by molar-refractivity contribution is 0.313. The van der Waals surface area contributed by atoms with Crippen LogP contribution in [0.1, 0.15) is 25.1 Å². The molecule has 0 unspecified atom stereocenters. The van der Waals surface area contributed by atoms with E-state index >= 15 is 0 Å². The highest BCUT2D eigenvalue weighted by Crippen LogP contribution is 2.19. The molecule has 0 saturated carbocycles. The molecule has 0 aromatic carbocycles. The fourth-order valence-corrected chi connectivity index (χ4v) is 4.03. The number of rotatable bonds is 8. The van der Waals surface area contributed by atoms with Gasteiger partial charge in [-0.05, 0) is 38.3 Å². The van der Waals surface area contributed by atoms with E-state index in [0.29, 0.717) is 26.1 Å². The summed E-state index contributed by atoms with van der Waals surface area (Å²) in [6, 6.07) is 3.81. The van der Waals surface area contributed by atoms with Crippen LogP contribution in [0.4, 0.5) is 0 Å². The van der Waals surface area contributed by atoms with Crippen LogP contribution in [0.15, 0.2) is 17.5 Å². The van der Waals surface area contributed by atoms with Crippen LogP contribution in [0, 0.1) is 0 Å². The minimum Gasteiger partial charge on any atom is -0.330 e. The van der Waals surface area contributed by atoms with Crippen molar-refractivity contribution in [3.63, 3.8) is 0 Å². The van der Waals surface area contributed by atoms with Gasteiger partial charge in [0.1, 0.15) is 0 Å². The molecule has 110 valence electrons. The number of thiophene rings is 1. The SMILES string of the molecule is CC(C)N(Cc1cccs1)S(=O)(=O)N(C)CCCN. The zero-order valence-electron chi connectivity index (χ0n) is 11.7. The predicted octanol–water partition coefficient (Wildman–Crippen LogP) is 1.48. The summed E-state index contributed by atoms with van der Waals surface area (Å²) in [5.41, 5.74) is 5.43. The third-order valence-electron chi connectivity index (χ3n) is 2.84. The van der Waals surface area contributed by atoms with Gasteiger partial charge < -0.3 is 5.73 Å². The molecule has 0 fully saturated rings. The lowest BCUT2D eigenvalue weighted by atomic mass is 10.4. The standard InChI is InChI=1S/C12H23N3O2S2/c1-11(2)15(10-12-6-4-9-18-12)19(16,17)14(3)8-5-7-13/h4,6,9,11H,5,7-8,10,13H2,1-3H3. The predicted molar refractivity (Wildman–Crippen MR) is 80.2 cm³/mol. The van der Waals surface area contributed by atoms with Gasteiger partial charge in [-0.2, -0.15) is 17.0 Å². The first kappa shape index (κ1) is 16.6. The molecule has 5 nitrogen and oxygen atoms in total. The first-order valence-corrected chi connectivity index (χ1v) is 8.62. The Labute approximate surface area is 120 Å². The molecule has 0 saturated heterocycles. The van der Waals surface area contributed by atoms with Gasteiger partial charge in [0.2, 0.25) is 0 Å². The summed E-state index contributed by atoms with van der Waals surface area (Å²) in [6.07, 6.45) is 0.667. The van der Waals surface area contributed by atoms with Crippen LogP contribution in [0.2, 0.25) is 0 Å². The van der Waals surface area contributed by atoms with Crippen molar-refractivity contribution in [3.8, 4) is 0 Å². The highest BCUT2D eigenvalue weighted by atomic mass is 32.2. The maximum Gasteiger partial charge on any atom is 0.282 e. The lowest BCUT2D eigenvalue weighted by Gasteiger charge is -2.30. The minimum atomic E-state index is -3.43. The molecule has 0 radical (unpaired) electrons. The number of hydrogen-bond acceptors (Lipinski definition) is 4. The summed E-state index contributed by atoms with van der Waals surface area (Å²) in [6.45, 7) is 5.15. The van der Waals surface area contributed by atoms with Gasteiger partial charge in [0, 0.05) is 31.1 Å². The topological polar surface area (TPSA) is 66.6 Å². The summed E-state index contributed by atoms with van der Waals surface area (Å²) < 4.78 is 27.9. The summed E-state index contributed by atoms with van der Waals surface area (Å²) >= 11 is 1.57. The minimum absolute atomic E-state index is 0.0765. The Bertz CT molecular complexity index is 457. The number of nitrogens with zero attached hydrogens (tertiary/aromatic N) is 2. The molecule has 1 heterocycles. The molecular formula is C12H23N3O2S2. The molecule has 0 aliphatic carbocycles. The van der Waals surface area contributed by atoms with Crippen molar-refractivity contribution in [3.05, 3.63) is 22.4 Å². The van der Waals surface area contributed by atoms with Crippen LogP contribution < -0.4 is 5.73 Å². The average Bonchev–Trinajstić information content (AvgIpc) is 2.85. The molecule has 1 aromatic rings. The first-order chi connectivity index (χ1) is 8.89. The molecule has 0 bridgehead atoms. The zero-order chi connectivity index (χ0) is 14.5. The Hall–Kier alpha value is -0.470. The first-order valence-electron chi connectivity index (χ1n) is 6.35. The molecule has 1 rings (SSSR count). The molecule has 0 atom stereocenters. The van der Waals surface area contributed by atoms with Gasteiger partial charge in [-0.25, -0.2) is 0 Å². The summed E-state index contributed by atoms with van der Waals surface area (Å²) in [7, 11) is -1.82. The van der Waals surface area contributed by atoms with Crippen molar-refractivity contribution in [2.75, 3.05) is 20.1 Å². The fourth-order valence-electron chi connectivity index (χ4n) is 1.70. The van der Waals surface area contributed by atoms with Crippen molar-refractivity contribution in [2.45, 2.75) is 32.9 Å². The van der Waals surface area contributed by atoms with E-state index in [2.05, 4.69) is 0 Å². The van der Waals surface area contributed by atoms with Gasteiger partial charge in [-0.3, -0.25) is 0 Å². The van der Waals surface area contributed by atoms with Gasteiger partial charge in [0.15, 0.2) is 0 Å². The van der Waals surface area contributed by atoms with Gasteiger partial charge >= 0.3 is 0 Å². The highest BCUT2D eigenvalue weighted by molar-refractivity contribution is 7.86. The molecule has 0 aliphatic heterocycles. The van der Waals surface area contributed by atoms with Gasteiger partial charge in [0.05, 0.1) is 0 Å². The van der Waals surface area contributed by atoms with Crippen molar-refractivity contribution in [2.24, 2.45) is 5.73 Å². The quantitative estimate of drug-likeness (QED) is 0.791. The van der Waals surface area contributed by atoms with E-state index in [-0.39, 0.29) is 6.04 Å². The Morgan fingerprint density at radius 2 is 2.11 bits per heavy atom. The number of hydrogen-bond donors (Lipinski definition) is 1. The van der Waals surface area contributed by atoms with Crippen LogP contribution >= 0.6 is 11.3 Å². The highest BCUT2D eigenvalue weighted by Gasteiger charge is 2.29. The normalized spacial score (nSPS) is 12.8. The monoisotopic (exact) mass is 305 g/mol. The Kier molecular flexibility index (Phi) is 6.41. The maximum atomic E-state index is 12.5. The second kappa shape index (κ2) is 7.35. The molecular weight excluding hydrogens is 282 g/mol. The number of nitrogens with two attached hydrogens (primary N) is 1. The van der Waals surface area contributed by atoms with Gasteiger partial charge in [-0.15, -0.1) is 11.3 Å². The summed E-state index contributed by atoms with van der Waals surface area (Å²) in [4.78, 5) is 1.05. The van der Waals surface area contributed by atoms with E-state index < -0.39 is 10.2 Å². The molecule has 7 heteroatoms. The second-order valence-electron chi connectivity index (χ2n) is 4.69. The molecule has 2 N–H and O–H groups in total. The lowest BCUT2D eigenvalue weighted by Crippen LogP contribution is -2.45. The summed E-state index contributed by atoms with van der Waals surface area (Å²) in [5, 5.41) is 1.96. The van der Waals surface area contributed by atoms with Gasteiger partial charge in [0.25, 0.3) is 10.2 Å².